The second kappa shape index (κ2) is 6.31. The summed E-state index contributed by atoms with van der Waals surface area (Å²) in [5.41, 5.74) is 6.87. The molecule has 5 heteroatoms. The van der Waals surface area contributed by atoms with Crippen molar-refractivity contribution >= 4 is 5.82 Å². The Hall–Kier alpha value is -1.20. The number of aryl methyl sites for hydroxylation is 1. The third-order valence-corrected chi connectivity index (χ3v) is 1.99. The van der Waals surface area contributed by atoms with Gasteiger partial charge in [0.2, 0.25) is 0 Å². The Labute approximate surface area is 90.0 Å². The molecule has 15 heavy (non-hydrogen) atoms. The van der Waals surface area contributed by atoms with Crippen molar-refractivity contribution < 1.29 is 4.74 Å². The topological polar surface area (TPSA) is 73.1 Å². The van der Waals surface area contributed by atoms with E-state index in [-0.39, 0.29) is 6.04 Å². The molecule has 0 bridgehead atoms. The van der Waals surface area contributed by atoms with Crippen LogP contribution < -0.4 is 11.1 Å². The Balaban J connectivity index is 2.25. The molecule has 1 unspecified atom stereocenters. The number of hydrogen-bond acceptors (Lipinski definition) is 5. The van der Waals surface area contributed by atoms with Gasteiger partial charge in [0, 0.05) is 19.7 Å². The molecule has 0 aliphatic heterocycles. The van der Waals surface area contributed by atoms with Crippen molar-refractivity contribution in [3.63, 3.8) is 0 Å². The Morgan fingerprint density at radius 2 is 2.40 bits per heavy atom. The Bertz CT molecular complexity index is 293. The van der Waals surface area contributed by atoms with Gasteiger partial charge in [-0.15, -0.1) is 5.10 Å². The summed E-state index contributed by atoms with van der Waals surface area (Å²) >= 11 is 0. The van der Waals surface area contributed by atoms with Gasteiger partial charge in [0.1, 0.15) is 5.82 Å². The van der Waals surface area contributed by atoms with Crippen molar-refractivity contribution in [1.29, 1.82) is 0 Å². The fourth-order valence-corrected chi connectivity index (χ4v) is 1.23. The van der Waals surface area contributed by atoms with Crippen molar-refractivity contribution in [1.82, 2.24) is 10.2 Å². The zero-order valence-corrected chi connectivity index (χ0v) is 9.23. The molecule has 1 heterocycles. The van der Waals surface area contributed by atoms with Gasteiger partial charge < -0.3 is 15.8 Å². The first kappa shape index (κ1) is 11.9. The first-order valence-electron chi connectivity index (χ1n) is 5.00. The fourth-order valence-electron chi connectivity index (χ4n) is 1.23. The predicted molar refractivity (Wildman–Crippen MR) is 59.7 cm³/mol. The molecule has 0 aromatic carbocycles. The Morgan fingerprint density at radius 1 is 1.60 bits per heavy atom. The van der Waals surface area contributed by atoms with Crippen LogP contribution in [0.25, 0.3) is 0 Å². The van der Waals surface area contributed by atoms with Crippen molar-refractivity contribution in [3.05, 3.63) is 17.8 Å². The summed E-state index contributed by atoms with van der Waals surface area (Å²) in [5.74, 6) is 0.791. The van der Waals surface area contributed by atoms with E-state index in [0.29, 0.717) is 6.61 Å². The summed E-state index contributed by atoms with van der Waals surface area (Å²) < 4.78 is 4.94. The van der Waals surface area contributed by atoms with Crippen LogP contribution in [0.4, 0.5) is 5.82 Å². The normalized spacial score (nSPS) is 12.5. The van der Waals surface area contributed by atoms with Crippen molar-refractivity contribution in [2.75, 3.05) is 25.6 Å². The number of hydrogen-bond donors (Lipinski definition) is 2. The minimum absolute atomic E-state index is 0.0697. The first-order valence-corrected chi connectivity index (χ1v) is 5.00. The molecule has 0 aliphatic carbocycles. The Morgan fingerprint density at radius 3 is 3.07 bits per heavy atom. The molecule has 84 valence electrons. The molecule has 0 amide bonds. The van der Waals surface area contributed by atoms with Crippen molar-refractivity contribution in [3.8, 4) is 0 Å². The van der Waals surface area contributed by atoms with Crippen LogP contribution in [0.1, 0.15) is 12.0 Å². The van der Waals surface area contributed by atoms with Gasteiger partial charge in [-0.2, -0.15) is 5.10 Å². The van der Waals surface area contributed by atoms with Crippen LogP contribution in [0.3, 0.4) is 0 Å². The highest BCUT2D eigenvalue weighted by Gasteiger charge is 2.01. The summed E-state index contributed by atoms with van der Waals surface area (Å²) in [6, 6.07) is 2.02. The quantitative estimate of drug-likeness (QED) is 0.717. The van der Waals surface area contributed by atoms with Gasteiger partial charge in [0.25, 0.3) is 0 Å². The molecule has 5 nitrogen and oxygen atoms in total. The van der Waals surface area contributed by atoms with E-state index in [2.05, 4.69) is 15.5 Å². The Kier molecular flexibility index (Phi) is 5.00. The van der Waals surface area contributed by atoms with Gasteiger partial charge in [-0.25, -0.2) is 0 Å². The van der Waals surface area contributed by atoms with Gasteiger partial charge in [0.05, 0.1) is 12.8 Å². The lowest BCUT2D eigenvalue weighted by atomic mass is 10.2. The summed E-state index contributed by atoms with van der Waals surface area (Å²) in [6.45, 7) is 3.35. The lowest BCUT2D eigenvalue weighted by molar-refractivity contribution is 0.178. The maximum atomic E-state index is 5.78. The molecular formula is C10H18N4O. The third-order valence-electron chi connectivity index (χ3n) is 1.99. The van der Waals surface area contributed by atoms with Crippen LogP contribution in [0.2, 0.25) is 0 Å². The molecule has 0 saturated carbocycles. The van der Waals surface area contributed by atoms with E-state index in [1.807, 2.05) is 13.0 Å². The number of anilines is 1. The smallest absolute Gasteiger partial charge is 0.148 e. The maximum absolute atomic E-state index is 5.78. The zero-order valence-electron chi connectivity index (χ0n) is 9.23. The van der Waals surface area contributed by atoms with Gasteiger partial charge >= 0.3 is 0 Å². The molecule has 1 aromatic heterocycles. The summed E-state index contributed by atoms with van der Waals surface area (Å²) in [4.78, 5) is 0. The van der Waals surface area contributed by atoms with E-state index in [4.69, 9.17) is 10.5 Å². The standard InChI is InChI=1S/C10H18N4O/c1-8-5-10(14-13-6-8)12-4-3-9(11)7-15-2/h5-6,9H,3-4,7,11H2,1-2H3,(H,12,14). The van der Waals surface area contributed by atoms with Crippen LogP contribution in [-0.2, 0) is 4.74 Å². The molecule has 1 aromatic rings. The highest BCUT2D eigenvalue weighted by Crippen LogP contribution is 2.03. The SMILES string of the molecule is COCC(N)CCNc1cc(C)cnn1. The minimum Gasteiger partial charge on any atom is -0.383 e. The van der Waals surface area contributed by atoms with Crippen molar-refractivity contribution in [2.45, 2.75) is 19.4 Å². The number of nitrogens with one attached hydrogen (secondary N) is 1. The van der Waals surface area contributed by atoms with Crippen LogP contribution in [0.5, 0.6) is 0 Å². The minimum atomic E-state index is 0.0697. The maximum Gasteiger partial charge on any atom is 0.148 e. The summed E-state index contributed by atoms with van der Waals surface area (Å²) in [5, 5.41) is 11.0. The van der Waals surface area contributed by atoms with Gasteiger partial charge in [-0.1, -0.05) is 0 Å². The van der Waals surface area contributed by atoms with E-state index < -0.39 is 0 Å². The van der Waals surface area contributed by atoms with Gasteiger partial charge in [-0.05, 0) is 25.0 Å². The average Bonchev–Trinajstić information content (AvgIpc) is 2.18. The first-order chi connectivity index (χ1) is 7.22. The van der Waals surface area contributed by atoms with E-state index in [1.165, 1.54) is 0 Å². The van der Waals surface area contributed by atoms with E-state index in [9.17, 15) is 0 Å². The monoisotopic (exact) mass is 210 g/mol. The molecule has 1 rings (SSSR count). The van der Waals surface area contributed by atoms with E-state index in [0.717, 1.165) is 24.3 Å². The highest BCUT2D eigenvalue weighted by atomic mass is 16.5. The van der Waals surface area contributed by atoms with Crippen molar-refractivity contribution in [2.24, 2.45) is 5.73 Å². The van der Waals surface area contributed by atoms with Crippen LogP contribution in [-0.4, -0.2) is 36.5 Å². The highest BCUT2D eigenvalue weighted by molar-refractivity contribution is 5.34. The molecule has 0 saturated heterocycles. The summed E-state index contributed by atoms with van der Waals surface area (Å²) in [6.07, 6.45) is 2.57. The molecule has 0 spiro atoms. The molecular weight excluding hydrogens is 192 g/mol. The second-order valence-corrected chi connectivity index (χ2v) is 3.55. The predicted octanol–water partition coefficient (Wildman–Crippen LogP) is 0.561. The zero-order chi connectivity index (χ0) is 11.1. The molecule has 3 N–H and O–H groups in total. The number of rotatable bonds is 6. The fraction of sp³-hybridized carbons (Fsp3) is 0.600. The third kappa shape index (κ3) is 4.71. The largest absolute Gasteiger partial charge is 0.383 e. The summed E-state index contributed by atoms with van der Waals surface area (Å²) in [7, 11) is 1.65. The molecule has 0 fully saturated rings. The molecule has 0 aliphatic rings. The second-order valence-electron chi connectivity index (χ2n) is 3.55. The van der Waals surface area contributed by atoms with Gasteiger partial charge in [0.15, 0.2) is 0 Å². The average molecular weight is 210 g/mol. The van der Waals surface area contributed by atoms with E-state index in [1.54, 1.807) is 13.3 Å². The number of nitrogens with two attached hydrogens (primary N) is 1. The van der Waals surface area contributed by atoms with Crippen LogP contribution in [0, 0.1) is 6.92 Å². The molecule has 1 atom stereocenters. The number of aromatic nitrogens is 2. The molecule has 0 radical (unpaired) electrons. The number of nitrogens with zero attached hydrogens (tertiary/aromatic N) is 2. The number of methoxy groups -OCH3 is 1. The van der Waals surface area contributed by atoms with Gasteiger partial charge in [-0.3, -0.25) is 0 Å². The van der Waals surface area contributed by atoms with Crippen LogP contribution >= 0.6 is 0 Å². The number of ether oxygens (including phenoxy) is 1. The lowest BCUT2D eigenvalue weighted by Gasteiger charge is -2.10. The van der Waals surface area contributed by atoms with Crippen LogP contribution in [0.15, 0.2) is 12.3 Å². The van der Waals surface area contributed by atoms with E-state index >= 15 is 0 Å². The lowest BCUT2D eigenvalue weighted by Crippen LogP contribution is -2.28.